The quantitative estimate of drug-likeness (QED) is 0.329. The van der Waals surface area contributed by atoms with Crippen LogP contribution < -0.4 is 0 Å². The average Bonchev–Trinajstić information content (AvgIpc) is 1.69. The van der Waals surface area contributed by atoms with Crippen LogP contribution in [0.25, 0.3) is 0 Å². The topological polar surface area (TPSA) is 0 Å². The summed E-state index contributed by atoms with van der Waals surface area (Å²) >= 11 is 0. The van der Waals surface area contributed by atoms with E-state index < -0.39 is 0 Å². The second-order valence-corrected chi connectivity index (χ2v) is 1.51. The van der Waals surface area contributed by atoms with Gasteiger partial charge in [-0.15, -0.1) is 11.8 Å². The Morgan fingerprint density at radius 3 is 1.71 bits per heavy atom. The van der Waals surface area contributed by atoms with E-state index in [0.717, 1.165) is 8.58 Å². The maximum atomic E-state index is 2.80. The Hall–Kier alpha value is -0.450. The highest BCUT2D eigenvalue weighted by Gasteiger charge is 1.60. The SMILES string of the molecule is CC#C[P]C#CC. The molecule has 0 heterocycles. The molecule has 0 nitrogen and oxygen atoms in total. The van der Waals surface area contributed by atoms with Crippen LogP contribution in [0.3, 0.4) is 0 Å². The normalized spacial score (nSPS) is 4.86. The van der Waals surface area contributed by atoms with Crippen molar-refractivity contribution in [2.75, 3.05) is 0 Å². The first-order chi connectivity index (χ1) is 3.41. The molecule has 0 fully saturated rings. The summed E-state index contributed by atoms with van der Waals surface area (Å²) in [5.41, 5.74) is 5.60. The third kappa shape index (κ3) is 5.55. The fourth-order valence-corrected chi connectivity index (χ4v) is 0.419. The molecule has 0 aromatic heterocycles. The molecule has 0 aliphatic carbocycles. The lowest BCUT2D eigenvalue weighted by Gasteiger charge is -1.61. The van der Waals surface area contributed by atoms with Gasteiger partial charge in [-0.3, -0.25) is 0 Å². The molecule has 0 amide bonds. The predicted octanol–water partition coefficient (Wildman–Crippen LogP) is 1.89. The van der Waals surface area contributed by atoms with E-state index in [0.29, 0.717) is 0 Å². The zero-order valence-corrected chi connectivity index (χ0v) is 5.34. The van der Waals surface area contributed by atoms with E-state index in [1.165, 1.54) is 0 Å². The molecule has 7 heavy (non-hydrogen) atoms. The zero-order chi connectivity index (χ0) is 5.54. The summed E-state index contributed by atoms with van der Waals surface area (Å²) in [6.07, 6.45) is 0. The van der Waals surface area contributed by atoms with Crippen molar-refractivity contribution in [3.8, 4) is 23.2 Å². The van der Waals surface area contributed by atoms with E-state index in [9.17, 15) is 0 Å². The minimum absolute atomic E-state index is 0.921. The Kier molecular flexibility index (Phi) is 5.19. The van der Waals surface area contributed by atoms with Crippen LogP contribution in [0.1, 0.15) is 13.8 Å². The molecule has 0 aromatic rings. The van der Waals surface area contributed by atoms with Crippen LogP contribution >= 0.6 is 8.58 Å². The van der Waals surface area contributed by atoms with Gasteiger partial charge in [-0.1, -0.05) is 11.3 Å². The van der Waals surface area contributed by atoms with Crippen LogP contribution in [-0.4, -0.2) is 0 Å². The lowest BCUT2D eigenvalue weighted by molar-refractivity contribution is 1.93. The van der Waals surface area contributed by atoms with Gasteiger partial charge < -0.3 is 0 Å². The molecule has 0 spiro atoms. The lowest BCUT2D eigenvalue weighted by atomic mass is 10.8. The summed E-state index contributed by atoms with van der Waals surface area (Å²) < 4.78 is 0. The molecular formula is C6H6P. The standard InChI is InChI=1S/C6H6P/c1-3-5-7-6-4-2/h1-2H3. The minimum Gasteiger partial charge on any atom is -0.101 e. The molecule has 0 rings (SSSR count). The molecule has 0 atom stereocenters. The van der Waals surface area contributed by atoms with E-state index >= 15 is 0 Å². The van der Waals surface area contributed by atoms with Crippen LogP contribution in [0, 0.1) is 23.2 Å². The molecule has 0 N–H and O–H groups in total. The Balaban J connectivity index is 3.21. The van der Waals surface area contributed by atoms with Gasteiger partial charge in [-0.05, 0) is 13.8 Å². The highest BCUT2D eigenvalue weighted by molar-refractivity contribution is 7.49. The number of rotatable bonds is 0. The summed E-state index contributed by atoms with van der Waals surface area (Å²) in [4.78, 5) is 0. The van der Waals surface area contributed by atoms with Crippen molar-refractivity contribution >= 4 is 8.58 Å². The van der Waals surface area contributed by atoms with E-state index in [1.807, 2.05) is 13.8 Å². The number of hydrogen-bond acceptors (Lipinski definition) is 0. The van der Waals surface area contributed by atoms with Crippen molar-refractivity contribution in [3.05, 3.63) is 0 Å². The summed E-state index contributed by atoms with van der Waals surface area (Å²) in [7, 11) is 0.921. The van der Waals surface area contributed by atoms with Crippen LogP contribution in [0.5, 0.6) is 0 Å². The van der Waals surface area contributed by atoms with Gasteiger partial charge >= 0.3 is 0 Å². The third-order valence-electron chi connectivity index (χ3n) is 0.335. The van der Waals surface area contributed by atoms with Crippen LogP contribution in [0.15, 0.2) is 0 Å². The molecule has 0 aromatic carbocycles. The maximum Gasteiger partial charge on any atom is 0.0994 e. The molecule has 0 aliphatic rings. The van der Waals surface area contributed by atoms with E-state index in [-0.39, 0.29) is 0 Å². The monoisotopic (exact) mass is 109 g/mol. The summed E-state index contributed by atoms with van der Waals surface area (Å²) in [6.45, 7) is 3.62. The molecule has 0 saturated carbocycles. The van der Waals surface area contributed by atoms with Gasteiger partial charge in [0.2, 0.25) is 0 Å². The molecule has 35 valence electrons. The van der Waals surface area contributed by atoms with Gasteiger partial charge in [-0.2, -0.15) is 0 Å². The van der Waals surface area contributed by atoms with Crippen molar-refractivity contribution in [3.63, 3.8) is 0 Å². The van der Waals surface area contributed by atoms with Gasteiger partial charge in [0.1, 0.15) is 0 Å². The molecule has 0 bridgehead atoms. The largest absolute Gasteiger partial charge is 0.101 e. The first-order valence-corrected chi connectivity index (χ1v) is 2.84. The van der Waals surface area contributed by atoms with Gasteiger partial charge in [0, 0.05) is 0 Å². The Morgan fingerprint density at radius 2 is 1.43 bits per heavy atom. The van der Waals surface area contributed by atoms with Gasteiger partial charge in [0.15, 0.2) is 0 Å². The second kappa shape index (κ2) is 5.55. The fraction of sp³-hybridized carbons (Fsp3) is 0.333. The van der Waals surface area contributed by atoms with Gasteiger partial charge in [0.05, 0.1) is 8.58 Å². The minimum atomic E-state index is 0.921. The smallest absolute Gasteiger partial charge is 0.0994 e. The fourth-order valence-electron chi connectivity index (χ4n) is 0.140. The second-order valence-electron chi connectivity index (χ2n) is 0.835. The van der Waals surface area contributed by atoms with Gasteiger partial charge in [-0.25, -0.2) is 0 Å². The van der Waals surface area contributed by atoms with Crippen LogP contribution in [0.4, 0.5) is 0 Å². The first kappa shape index (κ1) is 6.55. The highest BCUT2D eigenvalue weighted by Crippen LogP contribution is 2.00. The third-order valence-corrected chi connectivity index (χ3v) is 1.01. The van der Waals surface area contributed by atoms with Crippen molar-refractivity contribution in [2.24, 2.45) is 0 Å². The summed E-state index contributed by atoms with van der Waals surface area (Å²) in [6, 6.07) is 0. The molecule has 1 heteroatoms. The van der Waals surface area contributed by atoms with Gasteiger partial charge in [0.25, 0.3) is 0 Å². The van der Waals surface area contributed by atoms with Crippen molar-refractivity contribution in [2.45, 2.75) is 13.8 Å². The molecule has 0 unspecified atom stereocenters. The lowest BCUT2D eigenvalue weighted by Crippen LogP contribution is -1.37. The van der Waals surface area contributed by atoms with Crippen molar-refractivity contribution in [1.29, 1.82) is 0 Å². The molecular weight excluding hydrogens is 103 g/mol. The van der Waals surface area contributed by atoms with E-state index in [1.54, 1.807) is 0 Å². The molecule has 0 saturated heterocycles. The summed E-state index contributed by atoms with van der Waals surface area (Å²) in [5.74, 6) is 5.48. The Labute approximate surface area is 46.5 Å². The average molecular weight is 109 g/mol. The highest BCUT2D eigenvalue weighted by atomic mass is 31.1. The van der Waals surface area contributed by atoms with Crippen molar-refractivity contribution in [1.82, 2.24) is 0 Å². The van der Waals surface area contributed by atoms with E-state index in [4.69, 9.17) is 0 Å². The van der Waals surface area contributed by atoms with Crippen LogP contribution in [0.2, 0.25) is 0 Å². The number of hydrogen-bond donors (Lipinski definition) is 0. The Bertz CT molecular complexity index is 119. The summed E-state index contributed by atoms with van der Waals surface area (Å²) in [5, 5.41) is 0. The first-order valence-electron chi connectivity index (χ1n) is 1.95. The van der Waals surface area contributed by atoms with E-state index in [2.05, 4.69) is 23.2 Å². The molecule has 0 aliphatic heterocycles. The van der Waals surface area contributed by atoms with Crippen LogP contribution in [-0.2, 0) is 0 Å². The molecule has 1 radical (unpaired) electrons. The predicted molar refractivity (Wildman–Crippen MR) is 33.8 cm³/mol. The Morgan fingerprint density at radius 1 is 1.00 bits per heavy atom. The maximum absolute atomic E-state index is 2.80. The zero-order valence-electron chi connectivity index (χ0n) is 4.45. The van der Waals surface area contributed by atoms with Crippen molar-refractivity contribution < 1.29 is 0 Å².